The summed E-state index contributed by atoms with van der Waals surface area (Å²) < 4.78 is 47.7. The molecule has 0 spiro atoms. The van der Waals surface area contributed by atoms with E-state index in [1.54, 1.807) is 18.3 Å². The van der Waals surface area contributed by atoms with Crippen LogP contribution in [0.5, 0.6) is 0 Å². The number of benzene rings is 2. The predicted octanol–water partition coefficient (Wildman–Crippen LogP) is 6.81. The third kappa shape index (κ3) is 5.54. The lowest BCUT2D eigenvalue weighted by Gasteiger charge is -2.28. The lowest BCUT2D eigenvalue weighted by atomic mass is 9.93. The fourth-order valence-corrected chi connectivity index (χ4v) is 5.66. The maximum Gasteiger partial charge on any atom is 0.413 e. The van der Waals surface area contributed by atoms with Crippen LogP contribution in [0.25, 0.3) is 22.2 Å². The van der Waals surface area contributed by atoms with Gasteiger partial charge in [0, 0.05) is 35.6 Å². The predicted molar refractivity (Wildman–Crippen MR) is 166 cm³/mol. The van der Waals surface area contributed by atoms with Crippen molar-refractivity contribution in [3.8, 4) is 23.5 Å². The summed E-state index contributed by atoms with van der Waals surface area (Å²) in [6.07, 6.45) is 1.34. The van der Waals surface area contributed by atoms with Crippen LogP contribution < -0.4 is 21.6 Å². The average Bonchev–Trinajstić information content (AvgIpc) is 3.41. The van der Waals surface area contributed by atoms with Crippen molar-refractivity contribution in [1.82, 2.24) is 25.9 Å². The molecule has 1 aliphatic heterocycles. The maximum absolute atomic E-state index is 14.1. The highest BCUT2D eigenvalue weighted by Gasteiger charge is 2.67. The van der Waals surface area contributed by atoms with Gasteiger partial charge in [0.05, 0.1) is 40.3 Å². The number of hydrazine groups is 2. The molecule has 0 saturated heterocycles. The lowest BCUT2D eigenvalue weighted by molar-refractivity contribution is -0.195. The quantitative estimate of drug-likeness (QED) is 0.165. The van der Waals surface area contributed by atoms with Crippen molar-refractivity contribution in [3.63, 3.8) is 0 Å². The summed E-state index contributed by atoms with van der Waals surface area (Å²) in [6, 6.07) is 12.8. The fraction of sp³-hybridized carbons (Fsp3) is 0.333. The van der Waals surface area contributed by atoms with Gasteiger partial charge >= 0.3 is 6.18 Å². The number of hydrogen-bond acceptors (Lipinski definition) is 10. The number of rotatable bonds is 8. The number of halogens is 3. The highest BCUT2D eigenvalue weighted by atomic mass is 19.4. The third-order valence-electron chi connectivity index (χ3n) is 8.32. The van der Waals surface area contributed by atoms with Gasteiger partial charge in [-0.2, -0.15) is 23.7 Å². The van der Waals surface area contributed by atoms with Gasteiger partial charge in [0.25, 0.3) is 0 Å². The highest BCUT2D eigenvalue weighted by Crippen LogP contribution is 2.54. The van der Waals surface area contributed by atoms with Gasteiger partial charge in [-0.3, -0.25) is 9.99 Å². The molecular formula is C33H32F3N9O. The van der Waals surface area contributed by atoms with E-state index in [-0.39, 0.29) is 23.8 Å². The molecule has 236 valence electrons. The second-order valence-corrected chi connectivity index (χ2v) is 12.8. The second kappa shape index (κ2) is 11.3. The SMILES string of the molecule is Cc1c(-c2cnco2)cccc1[C@H](Nc1cc(C#N)c2ncc(C#N)c(NCC(C)(C)C)c2c1)C1=CN(C2(C(F)(F)F)CC2)NN1. The number of nitrogens with zero attached hydrogens (tertiary/aromatic N) is 5. The normalized spacial score (nSPS) is 16.3. The molecule has 2 aromatic heterocycles. The number of alkyl halides is 3. The Labute approximate surface area is 263 Å². The molecule has 10 nitrogen and oxygen atoms in total. The van der Waals surface area contributed by atoms with Crippen molar-refractivity contribution in [2.45, 2.75) is 58.3 Å². The van der Waals surface area contributed by atoms with E-state index in [2.05, 4.69) is 64.5 Å². The number of nitrogens with one attached hydrogen (secondary N) is 4. The summed E-state index contributed by atoms with van der Waals surface area (Å²) in [5, 5.41) is 28.5. The van der Waals surface area contributed by atoms with E-state index in [0.29, 0.717) is 45.8 Å². The smallest absolute Gasteiger partial charge is 0.413 e. The van der Waals surface area contributed by atoms with Crippen LogP contribution in [0.1, 0.15) is 61.9 Å². The fourth-order valence-electron chi connectivity index (χ4n) is 5.66. The molecule has 4 aromatic rings. The molecule has 2 aromatic carbocycles. The Hall–Kier alpha value is -5.27. The van der Waals surface area contributed by atoms with E-state index in [4.69, 9.17) is 4.42 Å². The molecule has 6 rings (SSSR count). The first kappa shape index (κ1) is 30.7. The van der Waals surface area contributed by atoms with Gasteiger partial charge in [-0.25, -0.2) is 4.98 Å². The second-order valence-electron chi connectivity index (χ2n) is 12.8. The summed E-state index contributed by atoms with van der Waals surface area (Å²) in [4.78, 5) is 8.46. The first-order chi connectivity index (χ1) is 21.8. The number of hydrogen-bond donors (Lipinski definition) is 4. The van der Waals surface area contributed by atoms with Crippen molar-refractivity contribution >= 4 is 22.3 Å². The zero-order chi connectivity index (χ0) is 32.9. The van der Waals surface area contributed by atoms with Gasteiger partial charge in [-0.1, -0.05) is 39.0 Å². The summed E-state index contributed by atoms with van der Waals surface area (Å²) >= 11 is 0. The molecule has 1 atom stereocenters. The molecule has 1 aliphatic carbocycles. The molecule has 0 radical (unpaired) electrons. The number of anilines is 2. The minimum Gasteiger partial charge on any atom is -0.444 e. The van der Waals surface area contributed by atoms with Gasteiger partial charge in [0.1, 0.15) is 12.1 Å². The molecule has 13 heteroatoms. The van der Waals surface area contributed by atoms with E-state index in [1.807, 2.05) is 25.1 Å². The van der Waals surface area contributed by atoms with E-state index in [9.17, 15) is 23.7 Å². The Kier molecular flexibility index (Phi) is 7.53. The molecule has 46 heavy (non-hydrogen) atoms. The molecule has 3 heterocycles. The van der Waals surface area contributed by atoms with Crippen LogP contribution >= 0.6 is 0 Å². The van der Waals surface area contributed by atoms with E-state index < -0.39 is 17.8 Å². The Bertz CT molecular complexity index is 1910. The number of fused-ring (bicyclic) bond motifs is 1. The number of aromatic nitrogens is 2. The van der Waals surface area contributed by atoms with E-state index in [1.165, 1.54) is 18.8 Å². The van der Waals surface area contributed by atoms with Crippen LogP contribution in [0.2, 0.25) is 0 Å². The summed E-state index contributed by atoms with van der Waals surface area (Å²) in [5.74, 6) is 0.544. The largest absolute Gasteiger partial charge is 0.444 e. The zero-order valence-corrected chi connectivity index (χ0v) is 25.7. The van der Waals surface area contributed by atoms with Crippen LogP contribution in [0.4, 0.5) is 24.5 Å². The van der Waals surface area contributed by atoms with Gasteiger partial charge < -0.3 is 20.5 Å². The summed E-state index contributed by atoms with van der Waals surface area (Å²) in [7, 11) is 0. The van der Waals surface area contributed by atoms with Crippen LogP contribution in [0.15, 0.2) is 65.4 Å². The van der Waals surface area contributed by atoms with Crippen molar-refractivity contribution in [3.05, 3.63) is 83.3 Å². The topological polar surface area (TPSA) is 138 Å². The van der Waals surface area contributed by atoms with E-state index >= 15 is 0 Å². The number of pyridine rings is 1. The van der Waals surface area contributed by atoms with Crippen LogP contribution in [0, 0.1) is 35.0 Å². The minimum absolute atomic E-state index is 0.0260. The Morgan fingerprint density at radius 2 is 1.87 bits per heavy atom. The Morgan fingerprint density at radius 3 is 2.50 bits per heavy atom. The van der Waals surface area contributed by atoms with E-state index in [0.717, 1.165) is 21.7 Å². The molecular weight excluding hydrogens is 595 g/mol. The van der Waals surface area contributed by atoms with Gasteiger partial charge in [-0.15, -0.1) is 5.53 Å². The van der Waals surface area contributed by atoms with Crippen molar-refractivity contribution in [2.75, 3.05) is 17.2 Å². The average molecular weight is 628 g/mol. The first-order valence-electron chi connectivity index (χ1n) is 14.7. The molecule has 1 fully saturated rings. The summed E-state index contributed by atoms with van der Waals surface area (Å²) in [5.41, 5.74) is 8.43. The Balaban J connectivity index is 1.48. The van der Waals surface area contributed by atoms with Crippen LogP contribution in [0.3, 0.4) is 0 Å². The molecule has 4 N–H and O–H groups in total. The molecule has 0 bridgehead atoms. The van der Waals surface area contributed by atoms with Gasteiger partial charge in [-0.05, 0) is 48.4 Å². The monoisotopic (exact) mass is 627 g/mol. The van der Waals surface area contributed by atoms with Crippen molar-refractivity contribution < 1.29 is 17.6 Å². The number of oxazole rings is 1. The molecule has 2 aliphatic rings. The van der Waals surface area contributed by atoms with Gasteiger partial charge in [0.15, 0.2) is 17.7 Å². The molecule has 0 unspecified atom stereocenters. The molecule has 0 amide bonds. The number of nitriles is 2. The lowest BCUT2D eigenvalue weighted by Crippen LogP contribution is -2.52. The van der Waals surface area contributed by atoms with Crippen LogP contribution in [-0.2, 0) is 0 Å². The molecule has 1 saturated carbocycles. The highest BCUT2D eigenvalue weighted by molar-refractivity contribution is 5.99. The van der Waals surface area contributed by atoms with Crippen molar-refractivity contribution in [1.29, 1.82) is 10.5 Å². The minimum atomic E-state index is -4.43. The maximum atomic E-state index is 14.1. The first-order valence-corrected chi connectivity index (χ1v) is 14.7. The Morgan fingerprint density at radius 1 is 1.11 bits per heavy atom. The van der Waals surface area contributed by atoms with Crippen LogP contribution in [-0.4, -0.2) is 33.2 Å². The van der Waals surface area contributed by atoms with Crippen molar-refractivity contribution in [2.24, 2.45) is 5.41 Å². The standard InChI is InChI=1S/C33H32F3N9O/c1-19-23(27-15-39-18-46-27)6-5-7-24(19)30(26-16-45(44-43-26)32(8-9-32)33(34,35)36)42-22-10-20(12-37)28-25(11-22)29(21(13-38)14-40-28)41-17-31(2,3)4/h5-7,10-11,14-16,18,30,42-44H,8-9,17H2,1-4H3,(H,40,41)/t30-/m0/s1. The third-order valence-corrected chi connectivity index (χ3v) is 8.32. The van der Waals surface area contributed by atoms with Gasteiger partial charge in [0.2, 0.25) is 0 Å². The summed E-state index contributed by atoms with van der Waals surface area (Å²) in [6.45, 7) is 8.64. The zero-order valence-electron chi connectivity index (χ0n) is 25.7.